The van der Waals surface area contributed by atoms with Crippen LogP contribution in [0.1, 0.15) is 35.7 Å². The van der Waals surface area contributed by atoms with Crippen LogP contribution in [0.15, 0.2) is 33.2 Å². The Labute approximate surface area is 155 Å². The van der Waals surface area contributed by atoms with Gasteiger partial charge < -0.3 is 23.7 Å². The van der Waals surface area contributed by atoms with E-state index in [1.165, 1.54) is 6.92 Å². The monoisotopic (exact) mass is 372 g/mol. The molecule has 0 bridgehead atoms. The highest BCUT2D eigenvalue weighted by atomic mass is 16.6. The van der Waals surface area contributed by atoms with Crippen LogP contribution in [0.25, 0.3) is 11.0 Å². The quantitative estimate of drug-likeness (QED) is 0.659. The number of amides is 1. The predicted octanol–water partition coefficient (Wildman–Crippen LogP) is 3.62. The summed E-state index contributed by atoms with van der Waals surface area (Å²) in [6.45, 7) is 7.34. The molecule has 3 rings (SSSR count). The lowest BCUT2D eigenvalue weighted by molar-refractivity contribution is -0.123. The van der Waals surface area contributed by atoms with E-state index in [0.29, 0.717) is 29.3 Å². The van der Waals surface area contributed by atoms with Crippen LogP contribution in [0, 0.1) is 13.8 Å². The maximum absolute atomic E-state index is 12.5. The van der Waals surface area contributed by atoms with Gasteiger partial charge >= 0.3 is 5.97 Å². The number of ether oxygens (including phenoxy) is 2. The minimum atomic E-state index is -1.04. The van der Waals surface area contributed by atoms with E-state index in [1.807, 2.05) is 6.92 Å². The molecular formula is C19H20N2O6. The van der Waals surface area contributed by atoms with Crippen molar-refractivity contribution in [1.82, 2.24) is 5.16 Å². The molecule has 0 fully saturated rings. The number of carbonyl (C=O) groups excluding carboxylic acids is 2. The van der Waals surface area contributed by atoms with E-state index in [9.17, 15) is 9.59 Å². The summed E-state index contributed by atoms with van der Waals surface area (Å²) in [6, 6.07) is 6.86. The van der Waals surface area contributed by atoms with E-state index in [2.05, 4.69) is 10.5 Å². The topological polar surface area (TPSA) is 104 Å². The molecule has 3 aromatic rings. The summed E-state index contributed by atoms with van der Waals surface area (Å²) in [6.07, 6.45) is -1.04. The Bertz CT molecular complexity index is 987. The lowest BCUT2D eigenvalue weighted by Gasteiger charge is -2.11. The molecule has 1 amide bonds. The third-order valence-corrected chi connectivity index (χ3v) is 3.94. The van der Waals surface area contributed by atoms with Crippen molar-refractivity contribution < 1.29 is 28.0 Å². The molecule has 0 spiro atoms. The molecule has 0 aliphatic rings. The Kier molecular flexibility index (Phi) is 5.16. The highest BCUT2D eigenvalue weighted by Crippen LogP contribution is 2.29. The summed E-state index contributed by atoms with van der Waals surface area (Å²) in [5, 5.41) is 6.93. The third-order valence-electron chi connectivity index (χ3n) is 3.94. The summed E-state index contributed by atoms with van der Waals surface area (Å²) < 4.78 is 21.2. The van der Waals surface area contributed by atoms with Gasteiger partial charge in [0, 0.05) is 17.0 Å². The van der Waals surface area contributed by atoms with Crippen molar-refractivity contribution in [3.63, 3.8) is 0 Å². The number of nitrogens with zero attached hydrogens (tertiary/aromatic N) is 1. The van der Waals surface area contributed by atoms with Crippen LogP contribution in [0.2, 0.25) is 0 Å². The molecule has 0 aliphatic heterocycles. The number of hydrogen-bond acceptors (Lipinski definition) is 7. The molecule has 0 aliphatic carbocycles. The van der Waals surface area contributed by atoms with Gasteiger partial charge in [-0.3, -0.25) is 4.79 Å². The number of nitrogens with one attached hydrogen (secondary N) is 1. The fraction of sp³-hybridized carbons (Fsp3) is 0.316. The third kappa shape index (κ3) is 3.94. The molecule has 8 nitrogen and oxygen atoms in total. The normalized spacial score (nSPS) is 12.0. The summed E-state index contributed by atoms with van der Waals surface area (Å²) in [5.41, 5.74) is 1.16. The van der Waals surface area contributed by atoms with Crippen LogP contribution in [-0.4, -0.2) is 29.7 Å². The van der Waals surface area contributed by atoms with Gasteiger partial charge in [0.2, 0.25) is 5.76 Å². The Balaban J connectivity index is 1.73. The van der Waals surface area contributed by atoms with Gasteiger partial charge in [0.05, 0.1) is 6.61 Å². The SMILES string of the molecule is CCOc1ccc2oc(C(=O)O[C@H](C)C(=O)Nc3cc(C)on3)c(C)c2c1. The van der Waals surface area contributed by atoms with Crippen molar-refractivity contribution in [3.05, 3.63) is 41.3 Å². The van der Waals surface area contributed by atoms with Crippen LogP contribution in [0.4, 0.5) is 5.82 Å². The molecule has 0 saturated carbocycles. The van der Waals surface area contributed by atoms with Crippen LogP contribution in [-0.2, 0) is 9.53 Å². The van der Waals surface area contributed by atoms with Crippen molar-refractivity contribution in [2.45, 2.75) is 33.8 Å². The summed E-state index contributed by atoms with van der Waals surface area (Å²) in [7, 11) is 0. The lowest BCUT2D eigenvalue weighted by atomic mass is 10.1. The van der Waals surface area contributed by atoms with Gasteiger partial charge in [-0.25, -0.2) is 4.79 Å². The first-order chi connectivity index (χ1) is 12.9. The maximum atomic E-state index is 12.5. The Morgan fingerprint density at radius 3 is 2.70 bits per heavy atom. The highest BCUT2D eigenvalue weighted by Gasteiger charge is 2.25. The van der Waals surface area contributed by atoms with Crippen LogP contribution in [0.5, 0.6) is 5.75 Å². The predicted molar refractivity (Wildman–Crippen MR) is 96.9 cm³/mol. The van der Waals surface area contributed by atoms with Crippen molar-refractivity contribution in [2.75, 3.05) is 11.9 Å². The van der Waals surface area contributed by atoms with Gasteiger partial charge in [0.25, 0.3) is 5.91 Å². The molecule has 1 atom stereocenters. The van der Waals surface area contributed by atoms with Crippen molar-refractivity contribution in [2.24, 2.45) is 0 Å². The van der Waals surface area contributed by atoms with Gasteiger partial charge in [-0.05, 0) is 45.9 Å². The van der Waals surface area contributed by atoms with Crippen molar-refractivity contribution in [3.8, 4) is 5.75 Å². The van der Waals surface area contributed by atoms with Crippen LogP contribution >= 0.6 is 0 Å². The standard InChI is InChI=1S/C19H20N2O6/c1-5-24-13-6-7-15-14(9-13)11(3)17(26-15)19(23)25-12(4)18(22)20-16-8-10(2)27-21-16/h6-9,12H,5H2,1-4H3,(H,20,21,22)/t12-/m1/s1. The van der Waals surface area contributed by atoms with Crippen molar-refractivity contribution in [1.29, 1.82) is 0 Å². The number of benzene rings is 1. The van der Waals surface area contributed by atoms with E-state index < -0.39 is 18.0 Å². The second-order valence-corrected chi connectivity index (χ2v) is 6.01. The molecule has 1 N–H and O–H groups in total. The first-order valence-electron chi connectivity index (χ1n) is 8.50. The average molecular weight is 372 g/mol. The molecule has 2 heterocycles. The molecule has 8 heteroatoms. The minimum Gasteiger partial charge on any atom is -0.494 e. The zero-order valence-electron chi connectivity index (χ0n) is 15.5. The Morgan fingerprint density at radius 2 is 2.04 bits per heavy atom. The number of anilines is 1. The number of carbonyl (C=O) groups is 2. The first kappa shape index (κ1) is 18.5. The molecule has 0 saturated heterocycles. The van der Waals surface area contributed by atoms with E-state index in [1.54, 1.807) is 38.1 Å². The number of esters is 1. The number of rotatable bonds is 6. The van der Waals surface area contributed by atoms with Gasteiger partial charge in [-0.2, -0.15) is 0 Å². The van der Waals surface area contributed by atoms with Crippen LogP contribution in [0.3, 0.4) is 0 Å². The lowest BCUT2D eigenvalue weighted by Crippen LogP contribution is -2.30. The van der Waals surface area contributed by atoms with E-state index in [4.69, 9.17) is 18.4 Å². The van der Waals surface area contributed by atoms with E-state index in [-0.39, 0.29) is 11.6 Å². The smallest absolute Gasteiger partial charge is 0.375 e. The minimum absolute atomic E-state index is 0.0515. The number of furan rings is 1. The number of aryl methyl sites for hydroxylation is 2. The molecule has 2 aromatic heterocycles. The molecule has 27 heavy (non-hydrogen) atoms. The Hall–Kier alpha value is -3.29. The van der Waals surface area contributed by atoms with Gasteiger partial charge in [-0.15, -0.1) is 0 Å². The molecule has 142 valence electrons. The largest absolute Gasteiger partial charge is 0.494 e. The summed E-state index contributed by atoms with van der Waals surface area (Å²) in [5.74, 6) is 0.299. The van der Waals surface area contributed by atoms with E-state index in [0.717, 1.165) is 5.39 Å². The van der Waals surface area contributed by atoms with Crippen molar-refractivity contribution >= 4 is 28.7 Å². The zero-order chi connectivity index (χ0) is 19.6. The van der Waals surface area contributed by atoms with Gasteiger partial charge in [0.15, 0.2) is 11.9 Å². The highest BCUT2D eigenvalue weighted by molar-refractivity contribution is 5.99. The van der Waals surface area contributed by atoms with Crippen LogP contribution < -0.4 is 10.1 Å². The number of aromatic nitrogens is 1. The maximum Gasteiger partial charge on any atom is 0.375 e. The second kappa shape index (κ2) is 7.53. The zero-order valence-corrected chi connectivity index (χ0v) is 15.5. The van der Waals surface area contributed by atoms with E-state index >= 15 is 0 Å². The molecular weight excluding hydrogens is 352 g/mol. The molecule has 0 radical (unpaired) electrons. The van der Waals surface area contributed by atoms with Gasteiger partial charge in [0.1, 0.15) is 17.1 Å². The second-order valence-electron chi connectivity index (χ2n) is 6.01. The Morgan fingerprint density at radius 1 is 1.26 bits per heavy atom. The molecule has 0 unspecified atom stereocenters. The number of hydrogen-bond donors (Lipinski definition) is 1. The number of fused-ring (bicyclic) bond motifs is 1. The summed E-state index contributed by atoms with van der Waals surface area (Å²) in [4.78, 5) is 24.6. The summed E-state index contributed by atoms with van der Waals surface area (Å²) >= 11 is 0. The fourth-order valence-corrected chi connectivity index (χ4v) is 2.57. The van der Waals surface area contributed by atoms with Gasteiger partial charge in [-0.1, -0.05) is 5.16 Å². The average Bonchev–Trinajstić information content (AvgIpc) is 3.18. The molecule has 1 aromatic carbocycles. The fourth-order valence-electron chi connectivity index (χ4n) is 2.57. The first-order valence-corrected chi connectivity index (χ1v) is 8.50.